The topological polar surface area (TPSA) is 83.7 Å². The van der Waals surface area contributed by atoms with Gasteiger partial charge < -0.3 is 19.8 Å². The first kappa shape index (κ1) is 22.6. The molecule has 0 spiro atoms. The third-order valence-electron chi connectivity index (χ3n) is 6.90. The summed E-state index contributed by atoms with van der Waals surface area (Å²) in [5, 5.41) is 3.71. The zero-order valence-corrected chi connectivity index (χ0v) is 19.8. The second-order valence-corrected chi connectivity index (χ2v) is 10.5. The Morgan fingerprint density at radius 1 is 1.25 bits per heavy atom. The number of hydrogen-bond acceptors (Lipinski definition) is 5. The van der Waals surface area contributed by atoms with Crippen LogP contribution in [0.1, 0.15) is 63.9 Å². The molecule has 174 valence electrons. The average Bonchev–Trinajstić information content (AvgIpc) is 3.19. The van der Waals surface area contributed by atoms with Crippen LogP contribution in [0.2, 0.25) is 0 Å². The molecule has 1 amide bonds. The Hall–Kier alpha value is -2.54. The molecule has 32 heavy (non-hydrogen) atoms. The molecule has 1 saturated carbocycles. The molecule has 2 heterocycles. The van der Waals surface area contributed by atoms with Gasteiger partial charge >= 0.3 is 5.97 Å². The van der Waals surface area contributed by atoms with Crippen molar-refractivity contribution < 1.29 is 19.1 Å². The van der Waals surface area contributed by atoms with Crippen LogP contribution in [-0.4, -0.2) is 54.6 Å². The molecule has 1 aliphatic carbocycles. The molecule has 2 atom stereocenters. The number of carbonyl (C=O) groups is 2. The number of carbonyl (C=O) groups excluding carboxylic acids is 2. The molecule has 2 N–H and O–H groups in total. The number of likely N-dealkylation sites (tertiary alicyclic amines) is 1. The van der Waals surface area contributed by atoms with Crippen molar-refractivity contribution in [1.29, 1.82) is 0 Å². The zero-order valence-electron chi connectivity index (χ0n) is 19.8. The summed E-state index contributed by atoms with van der Waals surface area (Å²) < 4.78 is 10.5. The van der Waals surface area contributed by atoms with E-state index in [0.29, 0.717) is 34.7 Å². The molecule has 2 aromatic rings. The fourth-order valence-electron chi connectivity index (χ4n) is 6.07. The van der Waals surface area contributed by atoms with Crippen LogP contribution in [-0.2, 0) is 9.53 Å². The minimum Gasteiger partial charge on any atom is -0.497 e. The van der Waals surface area contributed by atoms with Gasteiger partial charge in [0.25, 0.3) is 0 Å². The lowest BCUT2D eigenvalue weighted by Gasteiger charge is -2.39. The molecule has 1 aliphatic heterocycles. The fraction of sp³-hybridized carbons (Fsp3) is 0.600. The van der Waals surface area contributed by atoms with Gasteiger partial charge in [-0.1, -0.05) is 20.8 Å². The van der Waals surface area contributed by atoms with Gasteiger partial charge in [0.1, 0.15) is 11.4 Å². The van der Waals surface area contributed by atoms with Gasteiger partial charge in [-0.2, -0.15) is 0 Å². The predicted octanol–water partition coefficient (Wildman–Crippen LogP) is 4.58. The largest absolute Gasteiger partial charge is 0.497 e. The molecular formula is C25H35N3O4. The molecule has 7 nitrogen and oxygen atoms in total. The minimum atomic E-state index is -0.485. The van der Waals surface area contributed by atoms with E-state index in [4.69, 9.17) is 9.47 Å². The van der Waals surface area contributed by atoms with Crippen LogP contribution in [0.15, 0.2) is 18.2 Å². The first-order valence-corrected chi connectivity index (χ1v) is 11.5. The number of rotatable bonds is 7. The molecule has 1 aromatic heterocycles. The molecule has 7 heteroatoms. The van der Waals surface area contributed by atoms with Crippen molar-refractivity contribution in [3.8, 4) is 5.75 Å². The lowest BCUT2D eigenvalue weighted by atomic mass is 9.65. The quantitative estimate of drug-likeness (QED) is 0.615. The monoisotopic (exact) mass is 441 g/mol. The van der Waals surface area contributed by atoms with Crippen LogP contribution in [0.4, 0.5) is 5.69 Å². The number of nitrogens with one attached hydrogen (secondary N) is 2. The van der Waals surface area contributed by atoms with Gasteiger partial charge in [-0.25, -0.2) is 4.79 Å². The van der Waals surface area contributed by atoms with Crippen LogP contribution >= 0.6 is 0 Å². The lowest BCUT2D eigenvalue weighted by molar-refractivity contribution is -0.116. The third-order valence-corrected chi connectivity index (χ3v) is 6.90. The summed E-state index contributed by atoms with van der Waals surface area (Å²) in [5.74, 6) is 0.0641. The van der Waals surface area contributed by atoms with E-state index in [1.165, 1.54) is 19.3 Å². The van der Waals surface area contributed by atoms with Crippen molar-refractivity contribution in [2.45, 2.75) is 59.4 Å². The van der Waals surface area contributed by atoms with E-state index in [1.807, 2.05) is 18.2 Å². The van der Waals surface area contributed by atoms with Crippen molar-refractivity contribution in [2.24, 2.45) is 10.8 Å². The first-order chi connectivity index (χ1) is 15.1. The van der Waals surface area contributed by atoms with Crippen molar-refractivity contribution in [3.63, 3.8) is 0 Å². The van der Waals surface area contributed by atoms with Gasteiger partial charge in [0.05, 0.1) is 19.4 Å². The van der Waals surface area contributed by atoms with E-state index in [2.05, 4.69) is 36.0 Å². The Morgan fingerprint density at radius 3 is 2.75 bits per heavy atom. The highest BCUT2D eigenvalue weighted by atomic mass is 16.5. The Labute approximate surface area is 189 Å². The van der Waals surface area contributed by atoms with Crippen LogP contribution < -0.4 is 10.1 Å². The van der Waals surface area contributed by atoms with Gasteiger partial charge in [0.2, 0.25) is 5.91 Å². The maximum absolute atomic E-state index is 13.0. The van der Waals surface area contributed by atoms with Crippen molar-refractivity contribution in [2.75, 3.05) is 32.1 Å². The number of benzene rings is 1. The van der Waals surface area contributed by atoms with E-state index >= 15 is 0 Å². The standard InChI is InChI=1S/C25H35N3O4/c1-6-32-23(30)22-21(18-11-17(31-5)7-8-19(18)26-22)27-20(29)9-10-28-15-25(4)13-16(28)12-24(2,3)14-25/h7-8,11,16,26H,6,9-10,12-15H2,1-5H3,(H,27,29)/t16-,25+/m1/s1. The van der Waals surface area contributed by atoms with E-state index < -0.39 is 5.97 Å². The maximum atomic E-state index is 13.0. The number of hydrogen-bond donors (Lipinski definition) is 2. The maximum Gasteiger partial charge on any atom is 0.356 e. The van der Waals surface area contributed by atoms with Gasteiger partial charge in [-0.05, 0) is 55.2 Å². The second-order valence-electron chi connectivity index (χ2n) is 10.5. The first-order valence-electron chi connectivity index (χ1n) is 11.5. The summed E-state index contributed by atoms with van der Waals surface area (Å²) in [6.45, 7) is 10.9. The van der Waals surface area contributed by atoms with Crippen molar-refractivity contribution in [1.82, 2.24) is 9.88 Å². The summed E-state index contributed by atoms with van der Waals surface area (Å²) in [6, 6.07) is 6.01. The highest BCUT2D eigenvalue weighted by molar-refractivity contribution is 6.11. The number of nitrogens with zero attached hydrogens (tertiary/aromatic N) is 1. The summed E-state index contributed by atoms with van der Waals surface area (Å²) >= 11 is 0. The van der Waals surface area contributed by atoms with Crippen LogP contribution in [0.25, 0.3) is 10.9 Å². The van der Waals surface area contributed by atoms with E-state index in [-0.39, 0.29) is 18.2 Å². The molecule has 1 aromatic carbocycles. The molecule has 2 fully saturated rings. The van der Waals surface area contributed by atoms with Crippen LogP contribution in [0.5, 0.6) is 5.75 Å². The third kappa shape index (κ3) is 4.49. The second kappa shape index (κ2) is 8.43. The molecule has 2 bridgehead atoms. The number of methoxy groups -OCH3 is 1. The Balaban J connectivity index is 1.50. The Morgan fingerprint density at radius 2 is 2.03 bits per heavy atom. The van der Waals surface area contributed by atoms with E-state index in [9.17, 15) is 9.59 Å². The normalized spacial score (nSPS) is 24.5. The summed E-state index contributed by atoms with van der Waals surface area (Å²) in [4.78, 5) is 31.1. The number of aromatic nitrogens is 1. The number of fused-ring (bicyclic) bond motifs is 3. The van der Waals surface area contributed by atoms with Crippen molar-refractivity contribution in [3.05, 3.63) is 23.9 Å². The molecule has 1 saturated heterocycles. The van der Waals surface area contributed by atoms with Crippen molar-refractivity contribution >= 4 is 28.5 Å². The Kier molecular flexibility index (Phi) is 5.96. The number of H-pyrrole nitrogens is 1. The average molecular weight is 442 g/mol. The zero-order chi connectivity index (χ0) is 23.1. The molecule has 0 radical (unpaired) electrons. The van der Waals surface area contributed by atoms with Gasteiger partial charge in [-0.3, -0.25) is 9.69 Å². The van der Waals surface area contributed by atoms with Crippen LogP contribution in [0, 0.1) is 10.8 Å². The predicted molar refractivity (Wildman–Crippen MR) is 125 cm³/mol. The van der Waals surface area contributed by atoms with Gasteiger partial charge in [-0.15, -0.1) is 0 Å². The summed E-state index contributed by atoms with van der Waals surface area (Å²) in [6.07, 6.45) is 4.01. The highest BCUT2D eigenvalue weighted by Gasteiger charge is 2.49. The molecular weight excluding hydrogens is 406 g/mol. The Bertz CT molecular complexity index is 1030. The number of esters is 1. The van der Waals surface area contributed by atoms with Gasteiger partial charge in [0.15, 0.2) is 0 Å². The summed E-state index contributed by atoms with van der Waals surface area (Å²) in [5.41, 5.74) is 2.15. The van der Waals surface area contributed by atoms with Gasteiger partial charge in [0, 0.05) is 36.5 Å². The summed E-state index contributed by atoms with van der Waals surface area (Å²) in [7, 11) is 1.59. The molecule has 2 aliphatic rings. The molecule has 4 rings (SSSR count). The number of anilines is 1. The van der Waals surface area contributed by atoms with E-state index in [1.54, 1.807) is 14.0 Å². The lowest BCUT2D eigenvalue weighted by Crippen LogP contribution is -2.35. The SMILES string of the molecule is CCOC(=O)c1[nH]c2ccc(OC)cc2c1NC(=O)CCN1C[C@@]2(C)C[C@H]1CC(C)(C)C2. The molecule has 0 unspecified atom stereocenters. The minimum absolute atomic E-state index is 0.106. The number of aromatic amines is 1. The smallest absolute Gasteiger partial charge is 0.356 e. The number of ether oxygens (including phenoxy) is 2. The van der Waals surface area contributed by atoms with Crippen LogP contribution in [0.3, 0.4) is 0 Å². The fourth-order valence-corrected chi connectivity index (χ4v) is 6.07. The highest BCUT2D eigenvalue weighted by Crippen LogP contribution is 2.52. The van der Waals surface area contributed by atoms with E-state index in [0.717, 1.165) is 24.0 Å². The number of amides is 1.